The molecule has 1 fully saturated rings. The maximum Gasteiger partial charge on any atom is 0.433 e. The number of carbonyl (C=O) groups excluding carboxylic acids is 3. The van der Waals surface area contributed by atoms with Crippen molar-refractivity contribution >= 4 is 40.6 Å². The predicted octanol–water partition coefficient (Wildman–Crippen LogP) is 7.08. The molecule has 2 amide bonds. The van der Waals surface area contributed by atoms with Crippen molar-refractivity contribution in [3.05, 3.63) is 63.6 Å². The van der Waals surface area contributed by atoms with Crippen LogP contribution in [0.4, 0.5) is 21.0 Å². The molecule has 2 atom stereocenters. The highest BCUT2D eigenvalue weighted by Crippen LogP contribution is 2.53. The van der Waals surface area contributed by atoms with Crippen molar-refractivity contribution < 1.29 is 29.0 Å². The van der Waals surface area contributed by atoms with E-state index >= 15 is 0 Å². The van der Waals surface area contributed by atoms with Gasteiger partial charge in [0.2, 0.25) is 5.78 Å². The third-order valence-corrected chi connectivity index (χ3v) is 10.5. The second-order valence-electron chi connectivity index (χ2n) is 14.2. The maximum atomic E-state index is 14.2. The summed E-state index contributed by atoms with van der Waals surface area (Å²) in [5, 5.41) is 14.5. The van der Waals surface area contributed by atoms with Gasteiger partial charge in [-0.25, -0.2) is 9.59 Å². The first kappa shape index (κ1) is 33.0. The number of aliphatic hydroxyl groups is 1. The summed E-state index contributed by atoms with van der Waals surface area (Å²) in [7, 11) is 2.52. The molecule has 2 unspecified atom stereocenters. The van der Waals surface area contributed by atoms with E-state index in [9.17, 15) is 19.5 Å². The number of rotatable bonds is 4. The van der Waals surface area contributed by atoms with E-state index in [1.165, 1.54) is 14.2 Å². The predicted molar refractivity (Wildman–Crippen MR) is 180 cm³/mol. The van der Waals surface area contributed by atoms with Crippen molar-refractivity contribution in [3.8, 4) is 0 Å². The first-order valence-corrected chi connectivity index (χ1v) is 15.8. The number of nitrogens with one attached hydrogen (secondary N) is 1. The fraction of sp³-hybridized carbons (Fsp3) is 0.500. The molecule has 4 aliphatic rings. The van der Waals surface area contributed by atoms with Crippen LogP contribution in [0.5, 0.6) is 0 Å². The number of carbonyl (C=O) groups is 3. The van der Waals surface area contributed by atoms with Gasteiger partial charge in [0, 0.05) is 57.5 Å². The number of fused-ring (bicyclic) bond motifs is 2. The Labute approximate surface area is 271 Å². The third-order valence-electron chi connectivity index (χ3n) is 10.5. The minimum Gasteiger partial charge on any atom is -0.506 e. The summed E-state index contributed by atoms with van der Waals surface area (Å²) in [5.74, 6) is -0.644. The number of amides is 2. The lowest BCUT2D eigenvalue weighted by molar-refractivity contribution is -0.111. The van der Waals surface area contributed by atoms with Crippen LogP contribution in [0.25, 0.3) is 5.57 Å². The standard InChI is InChI=1S/C36H46N4O6/c1-17(2)39-19(5)35(7,8)23-13-21(25(15-27(23)39)37-33(43)45-11)29-31(41)30(32(29)42)22-14-24-28(16-26(22)38-34(44)46-12)40(18(3)4)20(6)36(24,9)10/h13-20,41H,1-12H3,(H,37,43). The lowest BCUT2D eigenvalue weighted by atomic mass is 9.73. The van der Waals surface area contributed by atoms with Crippen molar-refractivity contribution in [2.45, 2.75) is 98.8 Å². The van der Waals surface area contributed by atoms with E-state index in [4.69, 9.17) is 9.47 Å². The van der Waals surface area contributed by atoms with Crippen LogP contribution >= 0.6 is 0 Å². The number of ketones is 1. The molecule has 2 aliphatic heterocycles. The highest BCUT2D eigenvalue weighted by atomic mass is 16.5. The number of Topliss-reactive ketones (excluding diaryl/α,β-unsaturated/α-hetero) is 1. The van der Waals surface area contributed by atoms with Crippen molar-refractivity contribution in [1.82, 2.24) is 4.90 Å². The first-order valence-electron chi connectivity index (χ1n) is 15.8. The average Bonchev–Trinajstić information content (AvgIpc) is 3.29. The molecule has 2 N–H and O–H groups in total. The number of hydrogen-bond acceptors (Lipinski definition) is 8. The SMILES string of the molecule is COC(=O)N=C1C=C2C(=CC1=C1C(=O)C(c3cc4c(cc3NC(=O)OC)N(C(C)C)C(C)C4(C)C)=C1O)C(C)(C)C(C)N2C(C)C. The zero-order valence-corrected chi connectivity index (χ0v) is 28.9. The summed E-state index contributed by atoms with van der Waals surface area (Å²) in [4.78, 5) is 47.9. The average molecular weight is 631 g/mol. The molecule has 0 spiro atoms. The number of hydrogen-bond donors (Lipinski definition) is 2. The van der Waals surface area contributed by atoms with Crippen molar-refractivity contribution in [2.24, 2.45) is 10.4 Å². The van der Waals surface area contributed by atoms with Gasteiger partial charge < -0.3 is 24.4 Å². The van der Waals surface area contributed by atoms with Gasteiger partial charge >= 0.3 is 12.2 Å². The molecule has 10 nitrogen and oxygen atoms in total. The molecular weight excluding hydrogens is 584 g/mol. The van der Waals surface area contributed by atoms with Crippen molar-refractivity contribution in [1.29, 1.82) is 0 Å². The van der Waals surface area contributed by atoms with Crippen LogP contribution in [0, 0.1) is 5.41 Å². The molecule has 2 aliphatic carbocycles. The number of anilines is 2. The monoisotopic (exact) mass is 630 g/mol. The van der Waals surface area contributed by atoms with Gasteiger partial charge in [0.05, 0.1) is 36.8 Å². The summed E-state index contributed by atoms with van der Waals surface area (Å²) in [6.45, 7) is 21.4. The van der Waals surface area contributed by atoms with Gasteiger partial charge in [0.25, 0.3) is 0 Å². The van der Waals surface area contributed by atoms with Gasteiger partial charge in [-0.1, -0.05) is 27.7 Å². The normalized spacial score (nSPS) is 25.4. The second kappa shape index (κ2) is 11.2. The smallest absolute Gasteiger partial charge is 0.433 e. The summed E-state index contributed by atoms with van der Waals surface area (Å²) < 4.78 is 9.76. The van der Waals surface area contributed by atoms with Gasteiger partial charge in [-0.05, 0) is 77.0 Å². The summed E-state index contributed by atoms with van der Waals surface area (Å²) in [5.41, 5.74) is 4.76. The zero-order valence-electron chi connectivity index (χ0n) is 28.9. The van der Waals surface area contributed by atoms with Gasteiger partial charge in [-0.3, -0.25) is 10.1 Å². The van der Waals surface area contributed by atoms with Crippen LogP contribution in [-0.2, 0) is 19.7 Å². The van der Waals surface area contributed by atoms with E-state index < -0.39 is 18.0 Å². The Bertz CT molecular complexity index is 1700. The largest absolute Gasteiger partial charge is 0.506 e. The minimum absolute atomic E-state index is 0.0628. The van der Waals surface area contributed by atoms with E-state index in [0.717, 1.165) is 22.5 Å². The molecule has 1 aromatic rings. The molecule has 2 heterocycles. The molecule has 10 heteroatoms. The number of nitrogens with zero attached hydrogens (tertiary/aromatic N) is 3. The van der Waals surface area contributed by atoms with Crippen LogP contribution in [-0.4, -0.2) is 72.1 Å². The van der Waals surface area contributed by atoms with Gasteiger partial charge in [-0.15, -0.1) is 0 Å². The Morgan fingerprint density at radius 2 is 1.52 bits per heavy atom. The molecule has 246 valence electrons. The Kier molecular flexibility index (Phi) is 8.02. The van der Waals surface area contributed by atoms with E-state index in [-0.39, 0.29) is 57.6 Å². The van der Waals surface area contributed by atoms with Crippen LogP contribution in [0.1, 0.15) is 80.4 Å². The number of ether oxygens (including phenoxy) is 2. The number of aliphatic hydroxyl groups excluding tert-OH is 1. The Hall–Kier alpha value is -4.34. The van der Waals surface area contributed by atoms with Gasteiger partial charge in [0.1, 0.15) is 5.76 Å². The van der Waals surface area contributed by atoms with E-state index in [1.807, 2.05) is 24.3 Å². The Morgan fingerprint density at radius 1 is 0.913 bits per heavy atom. The molecule has 5 rings (SSSR count). The molecule has 0 saturated carbocycles. The Balaban J connectivity index is 1.75. The third kappa shape index (κ3) is 4.75. The zero-order chi connectivity index (χ0) is 34.2. The highest BCUT2D eigenvalue weighted by molar-refractivity contribution is 6.42. The molecular formula is C36H46N4O6. The lowest BCUT2D eigenvalue weighted by Gasteiger charge is -2.34. The van der Waals surface area contributed by atoms with Crippen molar-refractivity contribution in [3.63, 3.8) is 0 Å². The number of benzene rings is 1. The molecule has 0 aromatic heterocycles. The second-order valence-corrected chi connectivity index (χ2v) is 14.2. The van der Waals surface area contributed by atoms with Crippen molar-refractivity contribution in [2.75, 3.05) is 24.4 Å². The molecule has 1 saturated heterocycles. The van der Waals surface area contributed by atoms with E-state index in [2.05, 4.69) is 89.3 Å². The quantitative estimate of drug-likeness (QED) is 0.339. The maximum absolute atomic E-state index is 14.2. The van der Waals surface area contributed by atoms with Crippen LogP contribution < -0.4 is 10.2 Å². The molecule has 0 radical (unpaired) electrons. The summed E-state index contributed by atoms with van der Waals surface area (Å²) in [6.07, 6.45) is 2.18. The van der Waals surface area contributed by atoms with Crippen LogP contribution in [0.15, 0.2) is 57.5 Å². The number of methoxy groups -OCH3 is 2. The summed E-state index contributed by atoms with van der Waals surface area (Å²) >= 11 is 0. The van der Waals surface area contributed by atoms with E-state index in [0.29, 0.717) is 16.8 Å². The summed E-state index contributed by atoms with van der Waals surface area (Å²) in [6, 6.07) is 4.37. The molecule has 46 heavy (non-hydrogen) atoms. The minimum atomic E-state index is -0.812. The van der Waals surface area contributed by atoms with E-state index in [1.54, 1.807) is 0 Å². The fourth-order valence-electron chi connectivity index (χ4n) is 7.45. The van der Waals surface area contributed by atoms with Crippen LogP contribution in [0.2, 0.25) is 0 Å². The van der Waals surface area contributed by atoms with Gasteiger partial charge in [-0.2, -0.15) is 4.99 Å². The van der Waals surface area contributed by atoms with Crippen LogP contribution in [0.3, 0.4) is 0 Å². The molecule has 1 aromatic carbocycles. The number of allylic oxidation sites excluding steroid dienone is 6. The number of aliphatic imine (C=N–C) groups is 1. The fourth-order valence-corrected chi connectivity index (χ4v) is 7.45. The highest BCUT2D eigenvalue weighted by Gasteiger charge is 2.49. The lowest BCUT2D eigenvalue weighted by Crippen LogP contribution is -2.42. The Morgan fingerprint density at radius 3 is 2.07 bits per heavy atom. The molecule has 0 bridgehead atoms. The number of likely N-dealkylation sites (tertiary alicyclic amines) is 1. The van der Waals surface area contributed by atoms with Gasteiger partial charge in [0.15, 0.2) is 0 Å². The topological polar surface area (TPSA) is 121 Å². The first-order chi connectivity index (χ1) is 21.4.